The highest BCUT2D eigenvalue weighted by atomic mass is 35.5. The van der Waals surface area contributed by atoms with Crippen molar-refractivity contribution in [3.63, 3.8) is 0 Å². The summed E-state index contributed by atoms with van der Waals surface area (Å²) in [7, 11) is 1.64. The van der Waals surface area contributed by atoms with Gasteiger partial charge >= 0.3 is 0 Å². The molecule has 0 N–H and O–H groups in total. The molecule has 0 radical (unpaired) electrons. The highest BCUT2D eigenvalue weighted by Gasteiger charge is 2.04. The van der Waals surface area contributed by atoms with Crippen LogP contribution in [0.2, 0.25) is 5.02 Å². The van der Waals surface area contributed by atoms with Crippen molar-refractivity contribution >= 4 is 23.5 Å². The van der Waals surface area contributed by atoms with Crippen molar-refractivity contribution in [2.24, 2.45) is 4.99 Å². The first-order valence-electron chi connectivity index (χ1n) is 8.30. The molecular weight excluding hydrogens is 346 g/mol. The zero-order valence-electron chi connectivity index (χ0n) is 14.8. The second-order valence-corrected chi connectivity index (χ2v) is 6.35. The standard InChI is InChI=1S/C22H20ClNO2/c1-16-3-5-17(6-4-16)15-26-22-12-7-19(23)13-18(22)14-24-20-8-10-21(25-2)11-9-20/h3-14H,15H2,1-2H3. The first-order chi connectivity index (χ1) is 12.6. The Morgan fingerprint density at radius 3 is 2.38 bits per heavy atom. The number of halogens is 1. The minimum absolute atomic E-state index is 0.491. The van der Waals surface area contributed by atoms with E-state index in [1.54, 1.807) is 13.3 Å². The highest BCUT2D eigenvalue weighted by Crippen LogP contribution is 2.24. The summed E-state index contributed by atoms with van der Waals surface area (Å²) in [5.74, 6) is 1.54. The van der Waals surface area contributed by atoms with Crippen molar-refractivity contribution in [3.8, 4) is 11.5 Å². The maximum absolute atomic E-state index is 6.14. The lowest BCUT2D eigenvalue weighted by molar-refractivity contribution is 0.306. The smallest absolute Gasteiger partial charge is 0.128 e. The summed E-state index contributed by atoms with van der Waals surface area (Å²) < 4.78 is 11.1. The van der Waals surface area contributed by atoms with E-state index in [1.807, 2.05) is 42.5 Å². The molecule has 0 aliphatic rings. The molecule has 0 saturated carbocycles. The Hall–Kier alpha value is -2.78. The summed E-state index contributed by atoms with van der Waals surface area (Å²) >= 11 is 6.14. The molecule has 0 unspecified atom stereocenters. The SMILES string of the molecule is COc1ccc(N=Cc2cc(Cl)ccc2OCc2ccc(C)cc2)cc1. The van der Waals surface area contributed by atoms with Gasteiger partial charge in [-0.25, -0.2) is 0 Å². The van der Waals surface area contributed by atoms with Crippen LogP contribution in [0.15, 0.2) is 71.7 Å². The minimum Gasteiger partial charge on any atom is -0.497 e. The van der Waals surface area contributed by atoms with Crippen LogP contribution < -0.4 is 9.47 Å². The van der Waals surface area contributed by atoms with Crippen LogP contribution in [0.4, 0.5) is 5.69 Å². The van der Waals surface area contributed by atoms with E-state index < -0.39 is 0 Å². The number of aliphatic imine (C=N–C) groups is 1. The Labute approximate surface area is 158 Å². The number of nitrogens with zero attached hydrogens (tertiary/aromatic N) is 1. The summed E-state index contributed by atoms with van der Waals surface area (Å²) in [6, 6.07) is 21.4. The van der Waals surface area contributed by atoms with Gasteiger partial charge in [0.2, 0.25) is 0 Å². The Morgan fingerprint density at radius 1 is 0.962 bits per heavy atom. The van der Waals surface area contributed by atoms with E-state index in [0.29, 0.717) is 11.6 Å². The number of hydrogen-bond donors (Lipinski definition) is 0. The molecule has 4 heteroatoms. The van der Waals surface area contributed by atoms with Gasteiger partial charge in [0, 0.05) is 16.8 Å². The Bertz CT molecular complexity index is 887. The van der Waals surface area contributed by atoms with Gasteiger partial charge in [0.05, 0.1) is 12.8 Å². The van der Waals surface area contributed by atoms with Gasteiger partial charge in [0.25, 0.3) is 0 Å². The first-order valence-corrected chi connectivity index (χ1v) is 8.68. The third-order valence-corrected chi connectivity index (χ3v) is 4.15. The van der Waals surface area contributed by atoms with Gasteiger partial charge in [-0.3, -0.25) is 4.99 Å². The molecule has 3 aromatic rings. The van der Waals surface area contributed by atoms with Crippen LogP contribution in [0, 0.1) is 6.92 Å². The molecule has 0 saturated heterocycles. The third kappa shape index (κ3) is 4.87. The Balaban J connectivity index is 1.76. The van der Waals surface area contributed by atoms with E-state index in [-0.39, 0.29) is 0 Å². The topological polar surface area (TPSA) is 30.8 Å². The quantitative estimate of drug-likeness (QED) is 0.502. The number of hydrogen-bond acceptors (Lipinski definition) is 3. The summed E-state index contributed by atoms with van der Waals surface area (Å²) in [6.07, 6.45) is 1.76. The van der Waals surface area contributed by atoms with Gasteiger partial charge in [0.1, 0.15) is 18.1 Å². The van der Waals surface area contributed by atoms with Crippen LogP contribution in [-0.4, -0.2) is 13.3 Å². The lowest BCUT2D eigenvalue weighted by atomic mass is 10.1. The summed E-state index contributed by atoms with van der Waals surface area (Å²) in [5, 5.41) is 0.642. The average Bonchev–Trinajstić information content (AvgIpc) is 2.67. The predicted molar refractivity (Wildman–Crippen MR) is 107 cm³/mol. The maximum Gasteiger partial charge on any atom is 0.128 e. The minimum atomic E-state index is 0.491. The van der Waals surface area contributed by atoms with E-state index in [2.05, 4.69) is 36.2 Å². The van der Waals surface area contributed by atoms with Gasteiger partial charge in [-0.15, -0.1) is 0 Å². The zero-order chi connectivity index (χ0) is 18.4. The number of rotatable bonds is 6. The van der Waals surface area contributed by atoms with E-state index >= 15 is 0 Å². The fourth-order valence-corrected chi connectivity index (χ4v) is 2.59. The molecule has 0 fully saturated rings. The van der Waals surface area contributed by atoms with Crippen LogP contribution in [-0.2, 0) is 6.61 Å². The normalized spacial score (nSPS) is 10.9. The summed E-state index contributed by atoms with van der Waals surface area (Å²) in [5.41, 5.74) is 4.01. The van der Waals surface area contributed by atoms with Crippen molar-refractivity contribution in [1.29, 1.82) is 0 Å². The Morgan fingerprint density at radius 2 is 1.69 bits per heavy atom. The molecule has 0 heterocycles. The fraction of sp³-hybridized carbons (Fsp3) is 0.136. The molecule has 3 rings (SSSR count). The second-order valence-electron chi connectivity index (χ2n) is 5.91. The fourth-order valence-electron chi connectivity index (χ4n) is 2.41. The van der Waals surface area contributed by atoms with Gasteiger partial charge in [-0.2, -0.15) is 0 Å². The molecule has 0 bridgehead atoms. The van der Waals surface area contributed by atoms with E-state index in [4.69, 9.17) is 21.1 Å². The van der Waals surface area contributed by atoms with Crippen molar-refractivity contribution in [3.05, 3.63) is 88.4 Å². The molecule has 0 aliphatic carbocycles. The highest BCUT2D eigenvalue weighted by molar-refractivity contribution is 6.30. The van der Waals surface area contributed by atoms with E-state index in [1.165, 1.54) is 5.56 Å². The Kier molecular flexibility index (Phi) is 5.92. The van der Waals surface area contributed by atoms with Crippen molar-refractivity contribution in [1.82, 2.24) is 0 Å². The second kappa shape index (κ2) is 8.54. The molecule has 26 heavy (non-hydrogen) atoms. The van der Waals surface area contributed by atoms with Crippen LogP contribution in [0.25, 0.3) is 0 Å². The van der Waals surface area contributed by atoms with Crippen molar-refractivity contribution < 1.29 is 9.47 Å². The molecule has 0 atom stereocenters. The lowest BCUT2D eigenvalue weighted by Crippen LogP contribution is -1.98. The van der Waals surface area contributed by atoms with Crippen LogP contribution in [0.5, 0.6) is 11.5 Å². The molecule has 0 amide bonds. The number of benzene rings is 3. The molecule has 0 aliphatic heterocycles. The van der Waals surface area contributed by atoms with E-state index in [0.717, 1.165) is 28.3 Å². The van der Waals surface area contributed by atoms with Crippen LogP contribution >= 0.6 is 11.6 Å². The lowest BCUT2D eigenvalue weighted by Gasteiger charge is -2.10. The molecule has 0 aromatic heterocycles. The molecule has 132 valence electrons. The monoisotopic (exact) mass is 365 g/mol. The van der Waals surface area contributed by atoms with Gasteiger partial charge in [-0.05, 0) is 55.0 Å². The van der Waals surface area contributed by atoms with Crippen molar-refractivity contribution in [2.45, 2.75) is 13.5 Å². The number of ether oxygens (including phenoxy) is 2. The predicted octanol–water partition coefficient (Wildman–Crippen LogP) is 5.99. The van der Waals surface area contributed by atoms with Crippen molar-refractivity contribution in [2.75, 3.05) is 7.11 Å². The number of methoxy groups -OCH3 is 1. The third-order valence-electron chi connectivity index (χ3n) is 3.91. The van der Waals surface area contributed by atoms with Gasteiger partial charge < -0.3 is 9.47 Å². The maximum atomic E-state index is 6.14. The van der Waals surface area contributed by atoms with Crippen LogP contribution in [0.3, 0.4) is 0 Å². The first kappa shape index (κ1) is 18.0. The number of aryl methyl sites for hydroxylation is 1. The molecule has 0 spiro atoms. The molecule has 3 nitrogen and oxygen atoms in total. The van der Waals surface area contributed by atoms with E-state index in [9.17, 15) is 0 Å². The summed E-state index contributed by atoms with van der Waals surface area (Å²) in [6.45, 7) is 2.56. The average molecular weight is 366 g/mol. The summed E-state index contributed by atoms with van der Waals surface area (Å²) in [4.78, 5) is 4.50. The van der Waals surface area contributed by atoms with Crippen LogP contribution in [0.1, 0.15) is 16.7 Å². The molecule has 3 aromatic carbocycles. The van der Waals surface area contributed by atoms with Gasteiger partial charge in [0.15, 0.2) is 0 Å². The zero-order valence-corrected chi connectivity index (χ0v) is 15.5. The molecular formula is C22H20ClNO2. The van der Waals surface area contributed by atoms with Gasteiger partial charge in [-0.1, -0.05) is 41.4 Å². The largest absolute Gasteiger partial charge is 0.497 e.